The quantitative estimate of drug-likeness (QED) is 0.657. The molecular formula is C13H17BrN2O2. The number of aryl methyl sites for hydroxylation is 1. The van der Waals surface area contributed by atoms with Crippen molar-refractivity contribution in [2.45, 2.75) is 26.7 Å². The van der Waals surface area contributed by atoms with E-state index in [4.69, 9.17) is 0 Å². The van der Waals surface area contributed by atoms with Crippen LogP contribution < -0.4 is 5.32 Å². The minimum absolute atomic E-state index is 0.155. The lowest BCUT2D eigenvalue weighted by Gasteiger charge is -2.14. The van der Waals surface area contributed by atoms with Crippen LogP contribution in [0, 0.1) is 28.9 Å². The molecule has 0 aromatic heterocycles. The first-order chi connectivity index (χ1) is 8.49. The highest BCUT2D eigenvalue weighted by atomic mass is 79.9. The van der Waals surface area contributed by atoms with Gasteiger partial charge in [-0.15, -0.1) is 0 Å². The summed E-state index contributed by atoms with van der Waals surface area (Å²) in [5, 5.41) is 14.2. The van der Waals surface area contributed by atoms with Crippen LogP contribution in [0.3, 0.4) is 0 Å². The van der Waals surface area contributed by atoms with Gasteiger partial charge in [0.15, 0.2) is 0 Å². The van der Waals surface area contributed by atoms with Gasteiger partial charge >= 0.3 is 0 Å². The van der Waals surface area contributed by atoms with Gasteiger partial charge in [0.25, 0.3) is 5.69 Å². The fourth-order valence-corrected chi connectivity index (χ4v) is 2.58. The molecule has 1 aromatic carbocycles. The maximum Gasteiger partial charge on any atom is 0.273 e. The van der Waals surface area contributed by atoms with Crippen LogP contribution in [-0.4, -0.2) is 11.5 Å². The van der Waals surface area contributed by atoms with E-state index in [0.29, 0.717) is 11.5 Å². The maximum atomic E-state index is 10.8. The van der Waals surface area contributed by atoms with Gasteiger partial charge in [-0.05, 0) is 53.6 Å². The molecule has 1 aliphatic rings. The Bertz CT molecular complexity index is 472. The van der Waals surface area contributed by atoms with E-state index in [1.54, 1.807) is 13.0 Å². The summed E-state index contributed by atoms with van der Waals surface area (Å²) in [5.41, 5.74) is 1.78. The number of hydrogen-bond donors (Lipinski definition) is 1. The van der Waals surface area contributed by atoms with E-state index in [0.717, 1.165) is 22.6 Å². The Morgan fingerprint density at radius 2 is 2.22 bits per heavy atom. The van der Waals surface area contributed by atoms with Crippen LogP contribution in [0.1, 0.15) is 25.3 Å². The number of nitrogens with zero attached hydrogens (tertiary/aromatic N) is 1. The normalized spacial score (nSPS) is 16.4. The maximum absolute atomic E-state index is 10.8. The zero-order chi connectivity index (χ0) is 13.3. The molecule has 18 heavy (non-hydrogen) atoms. The third-order valence-electron chi connectivity index (χ3n) is 3.52. The molecule has 4 nitrogen and oxygen atoms in total. The van der Waals surface area contributed by atoms with Gasteiger partial charge in [0, 0.05) is 28.3 Å². The van der Waals surface area contributed by atoms with Gasteiger partial charge < -0.3 is 5.32 Å². The lowest BCUT2D eigenvalue weighted by Crippen LogP contribution is -2.13. The predicted octanol–water partition coefficient (Wildman–Crippen LogP) is 4.12. The Morgan fingerprint density at radius 3 is 2.78 bits per heavy atom. The van der Waals surface area contributed by atoms with Gasteiger partial charge in [0.1, 0.15) is 0 Å². The molecule has 1 N–H and O–H groups in total. The highest BCUT2D eigenvalue weighted by molar-refractivity contribution is 9.10. The fourth-order valence-electron chi connectivity index (χ4n) is 2.11. The fraction of sp³-hybridized carbons (Fsp3) is 0.538. The molecule has 2 rings (SSSR count). The molecule has 0 bridgehead atoms. The Hall–Kier alpha value is -1.10. The molecule has 1 aromatic rings. The van der Waals surface area contributed by atoms with Crippen molar-refractivity contribution in [2.24, 2.45) is 11.8 Å². The molecule has 0 saturated heterocycles. The molecule has 1 fully saturated rings. The molecule has 1 unspecified atom stereocenters. The van der Waals surface area contributed by atoms with Gasteiger partial charge in [0.2, 0.25) is 0 Å². The number of anilines is 1. The lowest BCUT2D eigenvalue weighted by molar-refractivity contribution is -0.385. The minimum atomic E-state index is -0.351. The Balaban J connectivity index is 2.08. The Labute approximate surface area is 115 Å². The molecule has 0 amide bonds. The zero-order valence-electron chi connectivity index (χ0n) is 10.6. The zero-order valence-corrected chi connectivity index (χ0v) is 12.2. The van der Waals surface area contributed by atoms with Crippen molar-refractivity contribution in [1.82, 2.24) is 0 Å². The highest BCUT2D eigenvalue weighted by Crippen LogP contribution is 2.37. The largest absolute Gasteiger partial charge is 0.384 e. The van der Waals surface area contributed by atoms with Crippen LogP contribution in [-0.2, 0) is 0 Å². The van der Waals surface area contributed by atoms with Crippen molar-refractivity contribution >= 4 is 27.3 Å². The third kappa shape index (κ3) is 3.02. The van der Waals surface area contributed by atoms with Crippen molar-refractivity contribution in [3.8, 4) is 0 Å². The van der Waals surface area contributed by atoms with Crippen molar-refractivity contribution in [3.05, 3.63) is 32.3 Å². The molecule has 5 heteroatoms. The van der Waals surface area contributed by atoms with Crippen molar-refractivity contribution < 1.29 is 4.92 Å². The van der Waals surface area contributed by atoms with Gasteiger partial charge in [-0.3, -0.25) is 10.1 Å². The summed E-state index contributed by atoms with van der Waals surface area (Å²) in [4.78, 5) is 10.5. The van der Waals surface area contributed by atoms with Crippen molar-refractivity contribution in [1.29, 1.82) is 0 Å². The Morgan fingerprint density at radius 1 is 1.56 bits per heavy atom. The van der Waals surface area contributed by atoms with Crippen LogP contribution in [0.25, 0.3) is 0 Å². The van der Waals surface area contributed by atoms with Gasteiger partial charge in [-0.1, -0.05) is 6.92 Å². The van der Waals surface area contributed by atoms with E-state index in [9.17, 15) is 10.1 Å². The average molecular weight is 313 g/mol. The highest BCUT2D eigenvalue weighted by Gasteiger charge is 2.27. The molecule has 0 spiro atoms. The second-order valence-electron chi connectivity index (χ2n) is 5.07. The molecule has 0 radical (unpaired) electrons. The predicted molar refractivity (Wildman–Crippen MR) is 75.9 cm³/mol. The average Bonchev–Trinajstić information content (AvgIpc) is 3.12. The van der Waals surface area contributed by atoms with Gasteiger partial charge in [-0.2, -0.15) is 0 Å². The monoisotopic (exact) mass is 312 g/mol. The smallest absolute Gasteiger partial charge is 0.273 e. The second-order valence-corrected chi connectivity index (χ2v) is 5.93. The number of rotatable bonds is 5. The molecular weight excluding hydrogens is 296 g/mol. The summed E-state index contributed by atoms with van der Waals surface area (Å²) >= 11 is 3.39. The van der Waals surface area contributed by atoms with Gasteiger partial charge in [-0.25, -0.2) is 0 Å². The van der Waals surface area contributed by atoms with Crippen molar-refractivity contribution in [2.75, 3.05) is 11.9 Å². The van der Waals surface area contributed by atoms with Crippen LogP contribution in [0.4, 0.5) is 11.4 Å². The number of benzene rings is 1. The first-order valence-electron chi connectivity index (χ1n) is 6.17. The minimum Gasteiger partial charge on any atom is -0.384 e. The second kappa shape index (κ2) is 5.26. The van der Waals surface area contributed by atoms with Crippen LogP contribution >= 0.6 is 15.9 Å². The van der Waals surface area contributed by atoms with Crippen LogP contribution in [0.5, 0.6) is 0 Å². The van der Waals surface area contributed by atoms with E-state index in [-0.39, 0.29) is 10.6 Å². The molecule has 1 atom stereocenters. The van der Waals surface area contributed by atoms with Crippen molar-refractivity contribution in [3.63, 3.8) is 0 Å². The number of nitro groups is 1. The molecule has 98 valence electrons. The first-order valence-corrected chi connectivity index (χ1v) is 6.96. The SMILES string of the molecule is Cc1cc(NCC(C)C2CC2)c(Br)cc1[N+](=O)[O-]. The van der Waals surface area contributed by atoms with E-state index in [1.807, 2.05) is 6.07 Å². The van der Waals surface area contributed by atoms with E-state index < -0.39 is 0 Å². The number of halogens is 1. The first kappa shape index (κ1) is 13.3. The van der Waals surface area contributed by atoms with E-state index >= 15 is 0 Å². The number of nitrogens with one attached hydrogen (secondary N) is 1. The molecule has 1 saturated carbocycles. The van der Waals surface area contributed by atoms with Crippen LogP contribution in [0.2, 0.25) is 0 Å². The third-order valence-corrected chi connectivity index (χ3v) is 4.18. The van der Waals surface area contributed by atoms with Crippen LogP contribution in [0.15, 0.2) is 16.6 Å². The lowest BCUT2D eigenvalue weighted by atomic mass is 10.1. The van der Waals surface area contributed by atoms with E-state index in [2.05, 4.69) is 28.2 Å². The summed E-state index contributed by atoms with van der Waals surface area (Å²) in [5.74, 6) is 1.52. The summed E-state index contributed by atoms with van der Waals surface area (Å²) in [7, 11) is 0. The molecule has 0 heterocycles. The van der Waals surface area contributed by atoms with E-state index in [1.165, 1.54) is 12.8 Å². The van der Waals surface area contributed by atoms with Gasteiger partial charge in [0.05, 0.1) is 4.92 Å². The number of hydrogen-bond acceptors (Lipinski definition) is 3. The standard InChI is InChI=1S/C13H17BrN2O2/c1-8-5-12(11(14)6-13(8)16(17)18)15-7-9(2)10-3-4-10/h5-6,9-10,15H,3-4,7H2,1-2H3. The summed E-state index contributed by atoms with van der Waals surface area (Å²) in [6.45, 7) is 4.93. The summed E-state index contributed by atoms with van der Waals surface area (Å²) < 4.78 is 0.753. The Kier molecular flexibility index (Phi) is 3.90. The molecule has 0 aliphatic heterocycles. The topological polar surface area (TPSA) is 55.2 Å². The summed E-state index contributed by atoms with van der Waals surface area (Å²) in [6.07, 6.45) is 2.67. The number of nitro benzene ring substituents is 1. The summed E-state index contributed by atoms with van der Waals surface area (Å²) in [6, 6.07) is 3.40. The molecule has 1 aliphatic carbocycles.